The Morgan fingerprint density at radius 2 is 0.619 bits per heavy atom. The number of allylic oxidation sites excluding steroid dienone is 3. The van der Waals surface area contributed by atoms with Gasteiger partial charge in [-0.15, -0.1) is 70.6 Å². The molecule has 0 saturated carbocycles. The van der Waals surface area contributed by atoms with E-state index < -0.39 is 0 Å². The molecule has 0 bridgehead atoms. The molecular formula is C27H24O3S12. The molecule has 42 heavy (non-hydrogen) atoms. The van der Waals surface area contributed by atoms with Gasteiger partial charge >= 0.3 is 0 Å². The van der Waals surface area contributed by atoms with Crippen LogP contribution in [0.2, 0.25) is 0 Å². The molecule has 3 heterocycles. The van der Waals surface area contributed by atoms with Crippen LogP contribution in [-0.2, 0) is 14.4 Å². The van der Waals surface area contributed by atoms with Crippen LogP contribution in [0, 0.1) is 0 Å². The van der Waals surface area contributed by atoms with E-state index in [0.717, 1.165) is 31.6 Å². The largest absolute Gasteiger partial charge is 0.298 e. The highest BCUT2D eigenvalue weighted by Crippen LogP contribution is 2.60. The molecule has 0 aromatic heterocycles. The Bertz CT molecular complexity index is 1260. The van der Waals surface area contributed by atoms with Crippen LogP contribution < -0.4 is 0 Å². The van der Waals surface area contributed by atoms with E-state index in [1.54, 1.807) is 141 Å². The third-order valence-electron chi connectivity index (χ3n) is 5.60. The Kier molecular flexibility index (Phi) is 14.6. The summed E-state index contributed by atoms with van der Waals surface area (Å²) in [5.41, 5.74) is 3.78. The first-order chi connectivity index (χ1) is 20.4. The van der Waals surface area contributed by atoms with Crippen molar-refractivity contribution in [2.45, 2.75) is 0 Å². The van der Waals surface area contributed by atoms with Gasteiger partial charge in [-0.2, -0.15) is 0 Å². The maximum absolute atomic E-state index is 12.7. The van der Waals surface area contributed by atoms with Crippen LogP contribution in [-0.4, -0.2) is 56.4 Å². The summed E-state index contributed by atoms with van der Waals surface area (Å²) in [5, 5.41) is 0. The molecule has 1 aromatic carbocycles. The van der Waals surface area contributed by atoms with Crippen LogP contribution in [0.25, 0.3) is 16.7 Å². The molecule has 0 atom stereocenters. The fraction of sp³-hybridized carbons (Fsp3) is 0.222. The van der Waals surface area contributed by atoms with Crippen molar-refractivity contribution in [3.05, 3.63) is 73.0 Å². The molecule has 4 rings (SSSR count). The van der Waals surface area contributed by atoms with E-state index in [2.05, 4.69) is 0 Å². The lowest BCUT2D eigenvalue weighted by Crippen LogP contribution is -1.98. The summed E-state index contributed by atoms with van der Waals surface area (Å²) in [4.78, 5) is 38.1. The van der Waals surface area contributed by atoms with Crippen LogP contribution in [0.15, 0.2) is 56.3 Å². The SMILES string of the molecule is CSC1=C(SC)SC(=C(C=O)c2cc(C(C=O)=C3SC(SC)=C(SC)S3)cc(C(C=O)=C3SC(SC)=C(SC)S3)c2)S1. The number of carbonyl (C=O) groups is 3. The first-order valence-electron chi connectivity index (χ1n) is 11.7. The number of rotatable bonds is 12. The van der Waals surface area contributed by atoms with E-state index in [1.165, 1.54) is 25.4 Å². The van der Waals surface area contributed by atoms with E-state index >= 15 is 0 Å². The Labute approximate surface area is 298 Å². The van der Waals surface area contributed by atoms with Gasteiger partial charge in [-0.25, -0.2) is 0 Å². The van der Waals surface area contributed by atoms with Gasteiger partial charge in [-0.3, -0.25) is 14.4 Å². The zero-order valence-electron chi connectivity index (χ0n) is 23.1. The molecule has 0 N–H and O–H groups in total. The smallest absolute Gasteiger partial charge is 0.152 e. The molecule has 15 heteroatoms. The van der Waals surface area contributed by atoms with Gasteiger partial charge in [-0.1, -0.05) is 70.6 Å². The quantitative estimate of drug-likeness (QED) is 0.149. The van der Waals surface area contributed by atoms with Crippen LogP contribution in [0.1, 0.15) is 16.7 Å². The Morgan fingerprint density at radius 3 is 0.762 bits per heavy atom. The average Bonchev–Trinajstić information content (AvgIpc) is 3.74. The van der Waals surface area contributed by atoms with E-state index in [1.807, 2.05) is 55.7 Å². The summed E-state index contributed by atoms with van der Waals surface area (Å²) in [6.07, 6.45) is 14.9. The molecule has 3 aliphatic heterocycles. The van der Waals surface area contributed by atoms with Gasteiger partial charge < -0.3 is 0 Å². The molecule has 0 radical (unpaired) electrons. The molecule has 0 amide bonds. The van der Waals surface area contributed by atoms with Crippen molar-refractivity contribution in [2.24, 2.45) is 0 Å². The first kappa shape index (κ1) is 35.7. The summed E-state index contributed by atoms with van der Waals surface area (Å²) in [7, 11) is 0. The van der Waals surface area contributed by atoms with E-state index in [4.69, 9.17) is 0 Å². The zero-order chi connectivity index (χ0) is 30.4. The van der Waals surface area contributed by atoms with Crippen molar-refractivity contribution in [3.8, 4) is 0 Å². The second kappa shape index (κ2) is 17.1. The van der Waals surface area contributed by atoms with Crippen LogP contribution in [0.4, 0.5) is 0 Å². The van der Waals surface area contributed by atoms with Gasteiger partial charge in [0.05, 0.1) is 38.1 Å². The number of hydrogen-bond donors (Lipinski definition) is 0. The summed E-state index contributed by atoms with van der Waals surface area (Å²) in [5.74, 6) is 0. The second-order valence-electron chi connectivity index (χ2n) is 7.82. The van der Waals surface area contributed by atoms with Gasteiger partial charge in [0.2, 0.25) is 0 Å². The summed E-state index contributed by atoms with van der Waals surface area (Å²) in [6.45, 7) is 0. The van der Waals surface area contributed by atoms with Crippen molar-refractivity contribution in [3.63, 3.8) is 0 Å². The molecule has 3 aliphatic rings. The lowest BCUT2D eigenvalue weighted by molar-refractivity contribution is -0.104. The number of benzene rings is 1. The molecular weight excluding hydrogens is 757 g/mol. The molecule has 1 aromatic rings. The Hall–Kier alpha value is 0.870. The third kappa shape index (κ3) is 7.87. The lowest BCUT2D eigenvalue weighted by atomic mass is 9.95. The molecule has 0 saturated heterocycles. The number of aldehydes is 3. The molecule has 0 unspecified atom stereocenters. The Balaban J connectivity index is 1.92. The van der Waals surface area contributed by atoms with Gasteiger partial charge in [0.25, 0.3) is 0 Å². The zero-order valence-corrected chi connectivity index (χ0v) is 32.9. The van der Waals surface area contributed by atoms with Crippen molar-refractivity contribution in [1.29, 1.82) is 0 Å². The molecule has 0 fully saturated rings. The topological polar surface area (TPSA) is 51.2 Å². The third-order valence-corrected chi connectivity index (χ3v) is 21.4. The number of carbonyl (C=O) groups excluding carboxylic acids is 3. The van der Waals surface area contributed by atoms with Gasteiger partial charge in [-0.05, 0) is 72.4 Å². The van der Waals surface area contributed by atoms with Crippen molar-refractivity contribution in [2.75, 3.05) is 37.5 Å². The maximum Gasteiger partial charge on any atom is 0.152 e. The van der Waals surface area contributed by atoms with Crippen molar-refractivity contribution in [1.82, 2.24) is 0 Å². The maximum atomic E-state index is 12.7. The predicted octanol–water partition coefficient (Wildman–Crippen LogP) is 11.3. The van der Waals surface area contributed by atoms with Crippen LogP contribution >= 0.6 is 141 Å². The predicted molar refractivity (Wildman–Crippen MR) is 213 cm³/mol. The minimum absolute atomic E-state index is 0.563. The fourth-order valence-electron chi connectivity index (χ4n) is 3.69. The highest BCUT2D eigenvalue weighted by atomic mass is 32.3. The molecule has 3 nitrogen and oxygen atoms in total. The summed E-state index contributed by atoms with van der Waals surface area (Å²) < 4.78 is 9.73. The molecule has 0 aliphatic carbocycles. The highest BCUT2D eigenvalue weighted by molar-refractivity contribution is 8.42. The standard InChI is InChI=1S/C27H24O3S12/c1-31-22-23(32-2)38-19(37-22)16(10-28)13-7-14(17(11-29)20-39-24(33-3)25(34-4)40-20)9-15(8-13)18(12-30)21-41-26(35-5)27(36-6)42-21/h7-12H,1-6H3. The van der Waals surface area contributed by atoms with Crippen LogP contribution in [0.3, 0.4) is 0 Å². The summed E-state index contributed by atoms with van der Waals surface area (Å²) in [6, 6.07) is 5.77. The van der Waals surface area contributed by atoms with Gasteiger partial charge in [0.1, 0.15) is 0 Å². The van der Waals surface area contributed by atoms with E-state index in [9.17, 15) is 14.4 Å². The lowest BCUT2D eigenvalue weighted by Gasteiger charge is -2.14. The minimum Gasteiger partial charge on any atom is -0.298 e. The van der Waals surface area contributed by atoms with Gasteiger partial charge in [0.15, 0.2) is 18.9 Å². The first-order valence-corrected chi connectivity index (χ1v) is 23.9. The minimum atomic E-state index is 0.563. The van der Waals surface area contributed by atoms with Crippen molar-refractivity contribution < 1.29 is 14.4 Å². The van der Waals surface area contributed by atoms with Crippen LogP contribution in [0.5, 0.6) is 0 Å². The number of thioether (sulfide) groups is 12. The monoisotopic (exact) mass is 780 g/mol. The number of hydrogen-bond acceptors (Lipinski definition) is 15. The fourth-order valence-corrected chi connectivity index (χ4v) is 18.8. The second-order valence-corrected chi connectivity index (χ2v) is 21.2. The molecule has 222 valence electrons. The summed E-state index contributed by atoms with van der Waals surface area (Å²) >= 11 is 19.7. The van der Waals surface area contributed by atoms with Gasteiger partial charge in [0, 0.05) is 16.7 Å². The Morgan fingerprint density at radius 1 is 0.429 bits per heavy atom. The highest BCUT2D eigenvalue weighted by Gasteiger charge is 2.28. The molecule has 0 spiro atoms. The normalized spacial score (nSPS) is 17.1. The van der Waals surface area contributed by atoms with E-state index in [-0.39, 0.29) is 0 Å². The average molecular weight is 781 g/mol. The van der Waals surface area contributed by atoms with Crippen molar-refractivity contribution >= 4 is 177 Å². The van der Waals surface area contributed by atoms with E-state index in [0.29, 0.717) is 33.4 Å².